The van der Waals surface area contributed by atoms with Crippen LogP contribution < -0.4 is 4.74 Å². The number of halogens is 1. The molecular formula is C18H13FN4OS. The molecule has 0 fully saturated rings. The van der Waals surface area contributed by atoms with Crippen molar-refractivity contribution in [3.05, 3.63) is 72.6 Å². The summed E-state index contributed by atoms with van der Waals surface area (Å²) in [4.78, 5) is 8.55. The van der Waals surface area contributed by atoms with E-state index in [9.17, 15) is 3.89 Å². The highest BCUT2D eigenvalue weighted by Gasteiger charge is 2.11. The second-order valence-electron chi connectivity index (χ2n) is 5.32. The molecule has 124 valence electrons. The van der Waals surface area contributed by atoms with Crippen LogP contribution >= 0.6 is 12.3 Å². The van der Waals surface area contributed by atoms with Crippen molar-refractivity contribution in [1.82, 2.24) is 19.2 Å². The van der Waals surface area contributed by atoms with E-state index in [4.69, 9.17) is 4.74 Å². The topological polar surface area (TPSA) is 52.8 Å². The van der Waals surface area contributed by atoms with Crippen molar-refractivity contribution < 1.29 is 8.62 Å². The summed E-state index contributed by atoms with van der Waals surface area (Å²) in [6, 6.07) is 18.9. The van der Waals surface area contributed by atoms with Gasteiger partial charge < -0.3 is 4.74 Å². The molecule has 0 spiro atoms. The normalized spacial score (nSPS) is 10.9. The molecule has 4 aromatic rings. The number of hydrogen-bond donors (Lipinski definition) is 0. The summed E-state index contributed by atoms with van der Waals surface area (Å²) < 4.78 is 20.1. The summed E-state index contributed by atoms with van der Waals surface area (Å²) in [5.41, 5.74) is 2.83. The number of nitrogens with zero attached hydrogens (tertiary/aromatic N) is 4. The first-order valence-electron chi connectivity index (χ1n) is 7.61. The van der Waals surface area contributed by atoms with Crippen LogP contribution in [0.15, 0.2) is 66.9 Å². The van der Waals surface area contributed by atoms with Gasteiger partial charge in [0, 0.05) is 23.2 Å². The van der Waals surface area contributed by atoms with Crippen molar-refractivity contribution in [3.63, 3.8) is 0 Å². The third kappa shape index (κ3) is 3.32. The lowest BCUT2D eigenvalue weighted by Crippen LogP contribution is -2.02. The Bertz CT molecular complexity index is 1010. The maximum absolute atomic E-state index is 13.2. The van der Waals surface area contributed by atoms with Crippen LogP contribution in [-0.2, 0) is 6.61 Å². The van der Waals surface area contributed by atoms with Crippen molar-refractivity contribution in [1.29, 1.82) is 0 Å². The summed E-state index contributed by atoms with van der Waals surface area (Å²) in [7, 11) is 0. The van der Waals surface area contributed by atoms with E-state index in [2.05, 4.69) is 15.1 Å². The van der Waals surface area contributed by atoms with Crippen LogP contribution in [0.4, 0.5) is 3.89 Å². The summed E-state index contributed by atoms with van der Waals surface area (Å²) in [6.45, 7) is 0.155. The number of fused-ring (bicyclic) bond motifs is 1. The van der Waals surface area contributed by atoms with Gasteiger partial charge in [0.1, 0.15) is 6.61 Å². The lowest BCUT2D eigenvalue weighted by atomic mass is 10.1. The Kier molecular flexibility index (Phi) is 4.30. The lowest BCUT2D eigenvalue weighted by Gasteiger charge is -2.05. The van der Waals surface area contributed by atoms with Gasteiger partial charge in [-0.3, -0.25) is 0 Å². The van der Waals surface area contributed by atoms with Gasteiger partial charge in [-0.1, -0.05) is 30.3 Å². The Morgan fingerprint density at radius 2 is 1.92 bits per heavy atom. The molecule has 25 heavy (non-hydrogen) atoms. The van der Waals surface area contributed by atoms with Gasteiger partial charge in [0.2, 0.25) is 5.88 Å². The van der Waals surface area contributed by atoms with Gasteiger partial charge in [-0.05, 0) is 24.3 Å². The highest BCUT2D eigenvalue weighted by atomic mass is 32.2. The zero-order valence-corrected chi connectivity index (χ0v) is 13.9. The molecule has 5 nitrogen and oxygen atoms in total. The summed E-state index contributed by atoms with van der Waals surface area (Å²) in [5.74, 6) is 0.434. The molecule has 0 atom stereocenters. The molecule has 0 aliphatic carbocycles. The van der Waals surface area contributed by atoms with E-state index >= 15 is 0 Å². The van der Waals surface area contributed by atoms with Gasteiger partial charge in [-0.15, -0.1) is 3.89 Å². The number of benzene rings is 1. The molecule has 4 rings (SSSR count). The second kappa shape index (κ2) is 6.90. The van der Waals surface area contributed by atoms with Gasteiger partial charge in [0.15, 0.2) is 18.0 Å². The van der Waals surface area contributed by atoms with Crippen molar-refractivity contribution >= 4 is 23.4 Å². The Hall–Kier alpha value is -2.93. The van der Waals surface area contributed by atoms with E-state index in [0.29, 0.717) is 22.9 Å². The van der Waals surface area contributed by atoms with E-state index in [1.807, 2.05) is 48.5 Å². The van der Waals surface area contributed by atoms with E-state index in [1.165, 1.54) is 4.09 Å². The van der Waals surface area contributed by atoms with Crippen LogP contribution in [0.25, 0.3) is 22.3 Å². The van der Waals surface area contributed by atoms with Gasteiger partial charge in [0.05, 0.1) is 11.4 Å². The molecule has 1 aromatic carbocycles. The van der Waals surface area contributed by atoms with E-state index in [0.717, 1.165) is 10.9 Å². The molecule has 0 radical (unpaired) electrons. The zero-order chi connectivity index (χ0) is 17.1. The minimum Gasteiger partial charge on any atom is -0.471 e. The SMILES string of the molecule is FSn1nc(-c2ccccc2)cc1COc1ccc2cccnc2n1. The Balaban J connectivity index is 1.56. The Morgan fingerprint density at radius 1 is 1.04 bits per heavy atom. The smallest absolute Gasteiger partial charge is 0.215 e. The molecule has 0 saturated carbocycles. The van der Waals surface area contributed by atoms with Crippen LogP contribution in [-0.4, -0.2) is 19.2 Å². The average molecular weight is 352 g/mol. The van der Waals surface area contributed by atoms with Crippen LogP contribution in [0.5, 0.6) is 5.88 Å². The molecular weight excluding hydrogens is 339 g/mol. The first kappa shape index (κ1) is 15.6. The molecule has 3 heterocycles. The van der Waals surface area contributed by atoms with Crippen molar-refractivity contribution in [2.45, 2.75) is 6.61 Å². The quantitative estimate of drug-likeness (QED) is 0.531. The fourth-order valence-electron chi connectivity index (χ4n) is 2.47. The summed E-state index contributed by atoms with van der Waals surface area (Å²) in [6.07, 6.45) is 1.68. The molecule has 0 amide bonds. The second-order valence-corrected chi connectivity index (χ2v) is 5.80. The number of hydrogen-bond acceptors (Lipinski definition) is 5. The number of pyridine rings is 2. The monoisotopic (exact) mass is 352 g/mol. The van der Waals surface area contributed by atoms with Gasteiger partial charge in [0.25, 0.3) is 0 Å². The fraction of sp³-hybridized carbons (Fsp3) is 0.0556. The van der Waals surface area contributed by atoms with E-state index in [1.54, 1.807) is 18.3 Å². The van der Waals surface area contributed by atoms with Gasteiger partial charge in [-0.25, -0.2) is 4.98 Å². The van der Waals surface area contributed by atoms with Gasteiger partial charge in [-0.2, -0.15) is 14.2 Å². The number of rotatable bonds is 5. The van der Waals surface area contributed by atoms with Crippen LogP contribution in [0.2, 0.25) is 0 Å². The lowest BCUT2D eigenvalue weighted by molar-refractivity contribution is 0.288. The van der Waals surface area contributed by atoms with E-state index in [-0.39, 0.29) is 18.9 Å². The number of aromatic nitrogens is 4. The maximum atomic E-state index is 13.2. The number of ether oxygens (including phenoxy) is 1. The largest absolute Gasteiger partial charge is 0.471 e. The van der Waals surface area contributed by atoms with Crippen molar-refractivity contribution in [2.75, 3.05) is 0 Å². The van der Waals surface area contributed by atoms with Crippen molar-refractivity contribution in [2.24, 2.45) is 0 Å². The van der Waals surface area contributed by atoms with Crippen LogP contribution in [0, 0.1) is 0 Å². The predicted molar refractivity (Wildman–Crippen MR) is 95.6 cm³/mol. The molecule has 0 N–H and O–H groups in total. The fourth-order valence-corrected chi connectivity index (χ4v) is 2.79. The summed E-state index contributed by atoms with van der Waals surface area (Å²) >= 11 is 0.0414. The first-order valence-corrected chi connectivity index (χ1v) is 8.29. The Labute approximate surface area is 147 Å². The van der Waals surface area contributed by atoms with E-state index < -0.39 is 0 Å². The molecule has 0 unspecified atom stereocenters. The molecule has 0 aliphatic heterocycles. The third-order valence-corrected chi connectivity index (χ3v) is 4.14. The molecule has 0 aliphatic rings. The van der Waals surface area contributed by atoms with Crippen LogP contribution in [0.3, 0.4) is 0 Å². The third-order valence-electron chi connectivity index (χ3n) is 3.69. The predicted octanol–water partition coefficient (Wildman–Crippen LogP) is 4.45. The molecule has 3 aromatic heterocycles. The highest BCUT2D eigenvalue weighted by molar-refractivity contribution is 7.92. The maximum Gasteiger partial charge on any atom is 0.215 e. The minimum atomic E-state index is 0.0414. The van der Waals surface area contributed by atoms with Gasteiger partial charge >= 0.3 is 0 Å². The zero-order valence-electron chi connectivity index (χ0n) is 13.0. The average Bonchev–Trinajstić information content (AvgIpc) is 3.10. The summed E-state index contributed by atoms with van der Waals surface area (Å²) in [5, 5.41) is 5.19. The van der Waals surface area contributed by atoms with Crippen LogP contribution in [0.1, 0.15) is 5.69 Å². The molecule has 7 heteroatoms. The minimum absolute atomic E-state index is 0.0414. The highest BCUT2D eigenvalue weighted by Crippen LogP contribution is 2.23. The first-order chi connectivity index (χ1) is 12.3. The standard InChI is InChI=1S/C18H13FN4OS/c19-25-23-15(11-16(22-23)13-5-2-1-3-6-13)12-24-17-9-8-14-7-4-10-20-18(14)21-17/h1-11H,12H2. The van der Waals surface area contributed by atoms with Crippen molar-refractivity contribution in [3.8, 4) is 17.1 Å². The molecule has 0 saturated heterocycles. The Morgan fingerprint density at radius 3 is 2.76 bits per heavy atom. The molecule has 0 bridgehead atoms.